The van der Waals surface area contributed by atoms with Gasteiger partial charge in [-0.25, -0.2) is 0 Å². The molecule has 4 nitrogen and oxygen atoms in total. The van der Waals surface area contributed by atoms with Crippen LogP contribution < -0.4 is 4.74 Å². The molecule has 2 aromatic carbocycles. The second-order valence-corrected chi connectivity index (χ2v) is 5.50. The van der Waals surface area contributed by atoms with Gasteiger partial charge in [0.25, 0.3) is 0 Å². The third-order valence-electron chi connectivity index (χ3n) is 2.67. The smallest absolute Gasteiger partial charge is 0.303 e. The molecule has 2 rings (SSSR count). The van der Waals surface area contributed by atoms with Gasteiger partial charge in [-0.1, -0.05) is 43.3 Å². The van der Waals surface area contributed by atoms with Crippen molar-refractivity contribution >= 4 is 20.9 Å². The van der Waals surface area contributed by atoms with E-state index < -0.39 is 15.6 Å². The Balaban J connectivity index is 2.43. The van der Waals surface area contributed by atoms with Gasteiger partial charge >= 0.3 is 10.1 Å². The predicted molar refractivity (Wildman–Crippen MR) is 70.2 cm³/mol. The Hall–Kier alpha value is -1.59. The summed E-state index contributed by atoms with van der Waals surface area (Å²) in [5, 5.41) is 1.78. The first-order chi connectivity index (χ1) is 8.52. The molecule has 0 radical (unpaired) electrons. The summed E-state index contributed by atoms with van der Waals surface area (Å²) < 4.78 is 36.7. The van der Waals surface area contributed by atoms with Crippen LogP contribution in [0.5, 0.6) is 5.75 Å². The zero-order chi connectivity index (χ0) is 13.2. The van der Waals surface area contributed by atoms with Crippen LogP contribution in [0, 0.1) is 0 Å². The summed E-state index contributed by atoms with van der Waals surface area (Å²) >= 11 is 0. The van der Waals surface area contributed by atoms with Crippen molar-refractivity contribution in [3.05, 3.63) is 42.5 Å². The molecule has 96 valence electrons. The molecule has 0 amide bonds. The number of hydrogen-bond donors (Lipinski definition) is 1. The highest BCUT2D eigenvalue weighted by atomic mass is 32.2. The zero-order valence-corrected chi connectivity index (χ0v) is 10.7. The van der Waals surface area contributed by atoms with Gasteiger partial charge in [-0.15, -0.1) is 0 Å². The molecular weight excluding hydrogens is 252 g/mol. The lowest BCUT2D eigenvalue weighted by molar-refractivity contribution is 0.255. The van der Waals surface area contributed by atoms with Crippen molar-refractivity contribution in [3.63, 3.8) is 0 Å². The molecule has 0 aliphatic rings. The Kier molecular flexibility index (Phi) is 3.54. The van der Waals surface area contributed by atoms with E-state index in [1.54, 1.807) is 19.1 Å². The lowest BCUT2D eigenvalue weighted by atomic mass is 10.1. The summed E-state index contributed by atoms with van der Waals surface area (Å²) in [4.78, 5) is 0. The van der Waals surface area contributed by atoms with Crippen LogP contribution in [-0.2, 0) is 10.1 Å². The molecule has 5 heteroatoms. The number of benzene rings is 2. The Morgan fingerprint density at radius 3 is 2.50 bits per heavy atom. The largest absolute Gasteiger partial charge is 0.471 e. The zero-order valence-electron chi connectivity index (χ0n) is 9.91. The van der Waals surface area contributed by atoms with Crippen LogP contribution in [0.15, 0.2) is 42.5 Å². The van der Waals surface area contributed by atoms with Gasteiger partial charge in [0.05, 0.1) is 0 Å². The lowest BCUT2D eigenvalue weighted by Gasteiger charge is -2.16. The Bertz CT molecular complexity index is 644. The van der Waals surface area contributed by atoms with Crippen LogP contribution in [0.2, 0.25) is 0 Å². The van der Waals surface area contributed by atoms with E-state index in [-0.39, 0.29) is 6.42 Å². The molecule has 0 bridgehead atoms. The van der Waals surface area contributed by atoms with Crippen LogP contribution in [0.25, 0.3) is 10.8 Å². The van der Waals surface area contributed by atoms with Crippen molar-refractivity contribution in [1.29, 1.82) is 0 Å². The van der Waals surface area contributed by atoms with Gasteiger partial charge in [0.15, 0.2) is 0 Å². The van der Waals surface area contributed by atoms with E-state index in [0.29, 0.717) is 5.75 Å². The summed E-state index contributed by atoms with van der Waals surface area (Å²) in [7, 11) is -4.20. The van der Waals surface area contributed by atoms with Crippen LogP contribution in [0.3, 0.4) is 0 Å². The van der Waals surface area contributed by atoms with E-state index in [4.69, 9.17) is 9.29 Å². The van der Waals surface area contributed by atoms with E-state index in [1.807, 2.05) is 30.3 Å². The van der Waals surface area contributed by atoms with Crippen LogP contribution in [-0.4, -0.2) is 18.4 Å². The van der Waals surface area contributed by atoms with E-state index in [1.165, 1.54) is 0 Å². The number of fused-ring (bicyclic) bond motifs is 1. The van der Waals surface area contributed by atoms with E-state index in [0.717, 1.165) is 10.8 Å². The SMILES string of the molecule is CCC(Oc1cccc2ccccc12)S(=O)(=O)O. The van der Waals surface area contributed by atoms with Crippen LogP contribution in [0.4, 0.5) is 0 Å². The van der Waals surface area contributed by atoms with Crippen LogP contribution >= 0.6 is 0 Å². The molecule has 1 atom stereocenters. The normalized spacial score (nSPS) is 13.4. The van der Waals surface area contributed by atoms with Crippen molar-refractivity contribution in [2.45, 2.75) is 18.8 Å². The minimum atomic E-state index is -4.20. The summed E-state index contributed by atoms with van der Waals surface area (Å²) in [6.45, 7) is 1.64. The first-order valence-corrected chi connectivity index (χ1v) is 7.13. The van der Waals surface area contributed by atoms with Gasteiger partial charge in [-0.05, 0) is 17.9 Å². The maximum Gasteiger partial charge on any atom is 0.303 e. The van der Waals surface area contributed by atoms with Gasteiger partial charge in [-0.3, -0.25) is 4.55 Å². The fraction of sp³-hybridized carbons (Fsp3) is 0.231. The molecule has 1 N–H and O–H groups in total. The molecule has 0 aliphatic carbocycles. The van der Waals surface area contributed by atoms with E-state index in [9.17, 15) is 8.42 Å². The number of ether oxygens (including phenoxy) is 1. The third-order valence-corrected chi connectivity index (χ3v) is 3.77. The molecular formula is C13H14O4S. The molecule has 0 fully saturated rings. The van der Waals surface area contributed by atoms with E-state index in [2.05, 4.69) is 0 Å². The molecule has 2 aromatic rings. The molecule has 0 aromatic heterocycles. The fourth-order valence-electron chi connectivity index (χ4n) is 1.79. The van der Waals surface area contributed by atoms with Crippen molar-refractivity contribution in [2.75, 3.05) is 0 Å². The van der Waals surface area contributed by atoms with Crippen LogP contribution in [0.1, 0.15) is 13.3 Å². The summed E-state index contributed by atoms with van der Waals surface area (Å²) in [5.41, 5.74) is -1.23. The molecule has 0 saturated heterocycles. The third kappa shape index (κ3) is 2.63. The minimum absolute atomic E-state index is 0.183. The predicted octanol–water partition coefficient (Wildman–Crippen LogP) is 2.84. The summed E-state index contributed by atoms with van der Waals surface area (Å²) in [6.07, 6.45) is 0.183. The highest BCUT2D eigenvalue weighted by Crippen LogP contribution is 2.27. The maximum absolute atomic E-state index is 11.1. The van der Waals surface area contributed by atoms with Crippen molar-refractivity contribution in [3.8, 4) is 5.75 Å². The molecule has 0 aliphatic heterocycles. The maximum atomic E-state index is 11.1. The molecule has 0 spiro atoms. The molecule has 1 unspecified atom stereocenters. The fourth-order valence-corrected chi connectivity index (χ4v) is 2.44. The monoisotopic (exact) mass is 266 g/mol. The highest BCUT2D eigenvalue weighted by Gasteiger charge is 2.23. The van der Waals surface area contributed by atoms with Gasteiger partial charge in [0.1, 0.15) is 5.75 Å². The number of hydrogen-bond acceptors (Lipinski definition) is 3. The Morgan fingerprint density at radius 2 is 1.83 bits per heavy atom. The molecule has 18 heavy (non-hydrogen) atoms. The lowest BCUT2D eigenvalue weighted by Crippen LogP contribution is -2.26. The Morgan fingerprint density at radius 1 is 1.17 bits per heavy atom. The Labute approximate surface area is 106 Å². The van der Waals surface area contributed by atoms with Gasteiger partial charge in [0.2, 0.25) is 5.44 Å². The second kappa shape index (κ2) is 4.96. The minimum Gasteiger partial charge on any atom is -0.471 e. The van der Waals surface area contributed by atoms with Gasteiger partial charge in [0, 0.05) is 5.39 Å². The quantitative estimate of drug-likeness (QED) is 0.864. The van der Waals surface area contributed by atoms with E-state index >= 15 is 0 Å². The average molecular weight is 266 g/mol. The topological polar surface area (TPSA) is 63.6 Å². The summed E-state index contributed by atoms with van der Waals surface area (Å²) in [5.74, 6) is 0.456. The van der Waals surface area contributed by atoms with Crippen molar-refractivity contribution in [1.82, 2.24) is 0 Å². The van der Waals surface area contributed by atoms with Gasteiger partial charge in [-0.2, -0.15) is 8.42 Å². The highest BCUT2D eigenvalue weighted by molar-refractivity contribution is 7.86. The van der Waals surface area contributed by atoms with Crippen molar-refractivity contribution in [2.24, 2.45) is 0 Å². The molecule has 0 heterocycles. The summed E-state index contributed by atoms with van der Waals surface area (Å²) in [6, 6.07) is 12.9. The first-order valence-electron chi connectivity index (χ1n) is 5.63. The van der Waals surface area contributed by atoms with Crippen molar-refractivity contribution < 1.29 is 17.7 Å². The second-order valence-electron chi connectivity index (χ2n) is 3.95. The molecule has 0 saturated carbocycles. The standard InChI is InChI=1S/C13H14O4S/c1-2-13(18(14,15)16)17-12-9-5-7-10-6-3-4-8-11(10)12/h3-9,13H,2H2,1H3,(H,14,15,16). The average Bonchev–Trinajstić information content (AvgIpc) is 2.34. The number of rotatable bonds is 4. The first kappa shape index (κ1) is 12.9. The van der Waals surface area contributed by atoms with Gasteiger partial charge < -0.3 is 4.74 Å².